The van der Waals surface area contributed by atoms with Gasteiger partial charge in [-0.25, -0.2) is 0 Å². The number of hydrogen-bond donors (Lipinski definition) is 4. The number of aldehydes is 2. The topological polar surface area (TPSA) is 127 Å². The van der Waals surface area contributed by atoms with Gasteiger partial charge in [0.05, 0.1) is 25.3 Å². The molecule has 0 radical (unpaired) electrons. The molecule has 0 aromatic rings. The molecule has 0 bridgehead atoms. The van der Waals surface area contributed by atoms with E-state index in [-0.39, 0.29) is 44.3 Å². The van der Waals surface area contributed by atoms with Crippen molar-refractivity contribution in [3.05, 3.63) is 0 Å². The van der Waals surface area contributed by atoms with Gasteiger partial charge in [0.2, 0.25) is 0 Å². The molecule has 6 nitrogen and oxygen atoms in total. The number of carbonyl (C=O) groups excluding carboxylic acids is 2. The monoisotopic (exact) mass is 284 g/mol. The Labute approximate surface area is 121 Å². The number of carbonyl (C=O) groups is 2. The molecule has 118 valence electrons. The summed E-state index contributed by atoms with van der Waals surface area (Å²) in [7, 11) is -0.250. The number of nitrogens with two attached hydrogens (primary N) is 2. The quantitative estimate of drug-likeness (QED) is 0.434. The molecule has 0 aliphatic carbocycles. The minimum atomic E-state index is -0.690. The van der Waals surface area contributed by atoms with Gasteiger partial charge < -0.3 is 31.3 Å². The first-order chi connectivity index (χ1) is 9.44. The molecule has 0 heterocycles. The predicted octanol–water partition coefficient (Wildman–Crippen LogP) is 0.296. The molecule has 0 aromatic carbocycles. The van der Waals surface area contributed by atoms with E-state index in [0.29, 0.717) is 12.6 Å². The van der Waals surface area contributed by atoms with Crippen molar-refractivity contribution in [3.8, 4) is 12.8 Å². The van der Waals surface area contributed by atoms with E-state index >= 15 is 0 Å². The van der Waals surface area contributed by atoms with E-state index in [1.807, 2.05) is 0 Å². The molecule has 0 saturated heterocycles. The van der Waals surface area contributed by atoms with Crippen LogP contribution in [0.2, 0.25) is 0 Å². The molecule has 0 saturated carbocycles. The summed E-state index contributed by atoms with van der Waals surface area (Å²) in [5.41, 5.74) is 9.71. The molecular weight excluding hydrogens is 236 g/mol. The van der Waals surface area contributed by atoms with Gasteiger partial charge in [0.15, 0.2) is 0 Å². The second-order valence-electron chi connectivity index (χ2n) is 1.97. The van der Waals surface area contributed by atoms with Crippen LogP contribution in [0, 0.1) is 12.8 Å². The summed E-state index contributed by atoms with van der Waals surface area (Å²) in [6, 6.07) is -1.38. The average Bonchev–Trinajstić information content (AvgIpc) is 2.49. The third-order valence-corrected chi connectivity index (χ3v) is 0.771. The van der Waals surface area contributed by atoms with E-state index in [9.17, 15) is 9.59 Å². The first kappa shape index (κ1) is 22.0. The highest BCUT2D eigenvalue weighted by Gasteiger charge is 1.91. The van der Waals surface area contributed by atoms with E-state index in [0.717, 1.165) is 0 Å². The van der Waals surface area contributed by atoms with Crippen molar-refractivity contribution < 1.29 is 28.3 Å². The van der Waals surface area contributed by atoms with Crippen LogP contribution in [0.3, 0.4) is 0 Å². The Balaban J connectivity index is -0.0000000170. The van der Waals surface area contributed by atoms with Gasteiger partial charge in [-0.2, -0.15) is 0 Å². The van der Waals surface area contributed by atoms with E-state index < -0.39 is 12.1 Å². The predicted molar refractivity (Wildman–Crippen MR) is 83.3 cm³/mol. The fourth-order valence-electron chi connectivity index (χ4n) is 0.0861. The summed E-state index contributed by atoms with van der Waals surface area (Å²) in [6.07, 6.45) is 6.76. The van der Waals surface area contributed by atoms with Gasteiger partial charge in [0.1, 0.15) is 13.9 Å². The molecule has 0 fully saturated rings. The lowest BCUT2D eigenvalue weighted by Gasteiger charge is -1.90. The number of aliphatic hydroxyl groups excluding tert-OH is 2. The van der Waals surface area contributed by atoms with E-state index in [1.54, 1.807) is 0 Å². The van der Waals surface area contributed by atoms with E-state index in [2.05, 4.69) is 6.42 Å². The second kappa shape index (κ2) is 44.8. The zero-order valence-corrected chi connectivity index (χ0v) is 8.37. The van der Waals surface area contributed by atoms with Crippen LogP contribution in [0.25, 0.3) is 0 Å². The Morgan fingerprint density at radius 1 is 1.22 bits per heavy atom. The zero-order valence-electron chi connectivity index (χ0n) is 13.4. The lowest BCUT2D eigenvalue weighted by molar-refractivity contribution is -0.110. The number of aliphatic hydroxyl groups is 2. The fourth-order valence-corrected chi connectivity index (χ4v) is 0.0861. The van der Waals surface area contributed by atoms with E-state index in [1.165, 1.54) is 6.40 Å². The lowest BCUT2D eigenvalue weighted by Crippen LogP contribution is -2.25. The van der Waals surface area contributed by atoms with Gasteiger partial charge in [-0.05, 0) is 0 Å². The Kier molecular flexibility index (Phi) is 54.6. The van der Waals surface area contributed by atoms with Crippen molar-refractivity contribution in [1.82, 2.24) is 0 Å². The number of terminal acetylenes is 1. The van der Waals surface area contributed by atoms with Crippen LogP contribution in [0.5, 0.6) is 0 Å². The second-order valence-corrected chi connectivity index (χ2v) is 1.97. The Bertz CT molecular complexity index is 198. The molecule has 0 aliphatic heterocycles. The van der Waals surface area contributed by atoms with E-state index in [4.69, 9.17) is 28.8 Å². The van der Waals surface area contributed by atoms with Crippen molar-refractivity contribution in [2.75, 3.05) is 13.2 Å². The maximum atomic E-state index is 9.45. The van der Waals surface area contributed by atoms with Crippen molar-refractivity contribution >= 4 is 12.6 Å². The van der Waals surface area contributed by atoms with Crippen molar-refractivity contribution in [2.24, 2.45) is 11.5 Å². The van der Waals surface area contributed by atoms with Crippen LogP contribution in [0.1, 0.15) is 38.2 Å². The van der Waals surface area contributed by atoms with Gasteiger partial charge in [-0.3, -0.25) is 0 Å². The van der Waals surface area contributed by atoms with Crippen LogP contribution in [0.4, 0.5) is 0 Å². The Morgan fingerprint density at radius 2 is 1.39 bits per heavy atom. The van der Waals surface area contributed by atoms with Gasteiger partial charge in [-0.15, -0.1) is 12.8 Å². The minimum absolute atomic E-state index is 0. The summed E-state index contributed by atoms with van der Waals surface area (Å²) in [6.45, 7) is -0.521. The van der Waals surface area contributed by atoms with Crippen molar-refractivity contribution in [3.63, 3.8) is 0 Å². The van der Waals surface area contributed by atoms with Crippen LogP contribution >= 0.6 is 0 Å². The van der Waals surface area contributed by atoms with Crippen molar-refractivity contribution in [2.45, 2.75) is 41.7 Å². The first-order valence-electron chi connectivity index (χ1n) is 6.46. The molecule has 0 rings (SSSR count). The minimum Gasteiger partial charge on any atom is -0.394 e. The van der Waals surface area contributed by atoms with Gasteiger partial charge >= 0.3 is 0 Å². The van der Waals surface area contributed by atoms with Crippen LogP contribution < -0.4 is 11.5 Å². The molecule has 18 heavy (non-hydrogen) atoms. The molecule has 6 heteroatoms. The normalized spacial score (nSPS) is 11.2. The maximum Gasteiger partial charge on any atom is 0.139 e. The molecule has 2 atom stereocenters. The summed E-state index contributed by atoms with van der Waals surface area (Å²) in [5.74, 6) is 0. The van der Waals surface area contributed by atoms with Gasteiger partial charge in [0.25, 0.3) is 0 Å². The zero-order chi connectivity index (χ0) is 17.4. The summed E-state index contributed by atoms with van der Waals surface area (Å²) in [4.78, 5) is 18.9. The Morgan fingerprint density at radius 3 is 1.39 bits per heavy atom. The lowest BCUT2D eigenvalue weighted by atomic mass is 10.4. The van der Waals surface area contributed by atoms with Crippen LogP contribution in [-0.2, 0) is 9.59 Å². The average molecular weight is 284 g/mol. The molecule has 0 spiro atoms. The molecular formula is C12H36N2O4. The summed E-state index contributed by atoms with van der Waals surface area (Å²) >= 11 is 0. The van der Waals surface area contributed by atoms with Crippen molar-refractivity contribution in [1.29, 1.82) is 0 Å². The highest BCUT2D eigenvalue weighted by atomic mass is 16.3. The number of rotatable bonds is 4. The summed E-state index contributed by atoms with van der Waals surface area (Å²) in [5, 5.41) is 16.0. The molecule has 0 aromatic heterocycles. The molecule has 0 aliphatic rings. The largest absolute Gasteiger partial charge is 0.394 e. The highest BCUT2D eigenvalue weighted by molar-refractivity contribution is 5.57. The molecule has 6 N–H and O–H groups in total. The first-order valence-corrected chi connectivity index (χ1v) is 3.54. The smallest absolute Gasteiger partial charge is 0.139 e. The third kappa shape index (κ3) is 61.3. The van der Waals surface area contributed by atoms with Gasteiger partial charge in [-0.1, -0.05) is 29.7 Å². The third-order valence-electron chi connectivity index (χ3n) is 0.771. The van der Waals surface area contributed by atoms with Gasteiger partial charge in [0, 0.05) is 7.14 Å². The number of hydrogen-bond acceptors (Lipinski definition) is 6. The fraction of sp³-hybridized carbons (Fsp3) is 0.667. The SMILES string of the molecule is C.C.C.N[C@@H](C=O)CO.N[C@@H](C=O)CO.[3HH].[3H]C#C.[3H]C[3H].[3H][3H]. The van der Waals surface area contributed by atoms with Crippen LogP contribution in [-0.4, -0.2) is 48.1 Å². The summed E-state index contributed by atoms with van der Waals surface area (Å²) < 4.78 is 27.5. The maximum absolute atomic E-state index is 9.45. The highest BCUT2D eigenvalue weighted by Crippen LogP contribution is 1.60. The molecule has 0 unspecified atom stereocenters. The molecule has 0 amide bonds. The Hall–Kier alpha value is -1.26. The van der Waals surface area contributed by atoms with Crippen LogP contribution in [0.15, 0.2) is 0 Å². The standard InChI is InChI=1S/2C3H7NO2.C2H2.4CH4.2H2/c2*4-3(1-5)2-6;1-2;;;;;;/h2*1,3,6H,2,4H2;1-2H;4*1H4;2*1H/t2*3-;;;;;;;/m00......./s1/i;;1T;1T2;;;;1+2T;1+2.